The van der Waals surface area contributed by atoms with Crippen molar-refractivity contribution in [2.45, 2.75) is 53.6 Å². The van der Waals surface area contributed by atoms with E-state index in [2.05, 4.69) is 0 Å². The fraction of sp³-hybridized carbons (Fsp3) is 0.368. The molecule has 0 bridgehead atoms. The molecule has 50 heavy (non-hydrogen) atoms. The van der Waals surface area contributed by atoms with Crippen molar-refractivity contribution in [1.82, 2.24) is 14.4 Å². The predicted octanol–water partition coefficient (Wildman–Crippen LogP) is 6.07. The molecule has 1 aromatic heterocycles. The molecule has 0 aliphatic heterocycles. The molecule has 0 aliphatic carbocycles. The van der Waals surface area contributed by atoms with E-state index in [4.69, 9.17) is 15.2 Å². The van der Waals surface area contributed by atoms with Crippen molar-refractivity contribution in [3.8, 4) is 11.1 Å². The van der Waals surface area contributed by atoms with Gasteiger partial charge in [0.2, 0.25) is 11.2 Å². The van der Waals surface area contributed by atoms with Crippen molar-refractivity contribution in [1.29, 1.82) is 0 Å². The number of ketones is 1. The molecule has 0 saturated heterocycles. The van der Waals surface area contributed by atoms with Gasteiger partial charge in [-0.3, -0.25) is 9.59 Å². The number of ether oxygens (including phenoxy) is 2. The van der Waals surface area contributed by atoms with Crippen LogP contribution >= 0.6 is 0 Å². The van der Waals surface area contributed by atoms with Crippen molar-refractivity contribution < 1.29 is 32.6 Å². The monoisotopic (exact) mass is 696 g/mol. The van der Waals surface area contributed by atoms with Crippen LogP contribution in [-0.4, -0.2) is 79.5 Å². The summed E-state index contributed by atoms with van der Waals surface area (Å²) < 4.78 is 37.9. The second-order valence-electron chi connectivity index (χ2n) is 12.0. The molecule has 0 spiro atoms. The highest BCUT2D eigenvalue weighted by Gasteiger charge is 2.25. The van der Waals surface area contributed by atoms with Gasteiger partial charge >= 0.3 is 11.9 Å². The average Bonchev–Trinajstić information content (AvgIpc) is 3.03. The molecule has 0 radical (unpaired) electrons. The summed E-state index contributed by atoms with van der Waals surface area (Å²) in [4.78, 5) is 52.9. The highest BCUT2D eigenvalue weighted by molar-refractivity contribution is 6.37. The van der Waals surface area contributed by atoms with E-state index in [9.17, 15) is 28.0 Å². The second-order valence-corrected chi connectivity index (χ2v) is 12.0. The number of nitrogens with zero attached hydrogens (tertiary/aromatic N) is 3. The van der Waals surface area contributed by atoms with Crippen LogP contribution < -0.4 is 11.2 Å². The van der Waals surface area contributed by atoms with E-state index in [0.717, 1.165) is 0 Å². The predicted molar refractivity (Wildman–Crippen MR) is 193 cm³/mol. The molecule has 1 heterocycles. The molecule has 272 valence electrons. The van der Waals surface area contributed by atoms with Gasteiger partial charge in [0, 0.05) is 70.2 Å². The quantitative estimate of drug-likeness (QED) is 0.110. The number of nitrogens with two attached hydrogens (primary N) is 1. The van der Waals surface area contributed by atoms with Gasteiger partial charge in [-0.25, -0.2) is 18.4 Å². The lowest BCUT2D eigenvalue weighted by Gasteiger charge is -2.15. The number of allylic oxidation sites excluding steroid dienone is 1. The van der Waals surface area contributed by atoms with Crippen LogP contribution in [0.3, 0.4) is 0 Å². The lowest BCUT2D eigenvalue weighted by Crippen LogP contribution is -2.22. The van der Waals surface area contributed by atoms with Crippen molar-refractivity contribution in [2.75, 3.05) is 41.4 Å². The molecule has 3 rings (SSSR count). The van der Waals surface area contributed by atoms with Gasteiger partial charge in [0.05, 0.1) is 13.2 Å². The molecule has 0 unspecified atom stereocenters. The Labute approximate surface area is 293 Å². The molecular formula is C38H50F2N4O6. The molecular weight excluding hydrogens is 646 g/mol. The van der Waals surface area contributed by atoms with Gasteiger partial charge in [0.25, 0.3) is 0 Å². The van der Waals surface area contributed by atoms with Crippen LogP contribution in [0.1, 0.15) is 63.5 Å². The normalized spacial score (nSPS) is 11.2. The number of rotatable bonds is 11. The third kappa shape index (κ3) is 14.2. The Hall–Kier alpha value is -5.10. The summed E-state index contributed by atoms with van der Waals surface area (Å²) >= 11 is 0. The molecule has 0 atom stereocenters. The lowest BCUT2D eigenvalue weighted by atomic mass is 9.97. The summed E-state index contributed by atoms with van der Waals surface area (Å²) in [5.74, 6) is -2.60. The molecule has 0 amide bonds. The topological polar surface area (TPSA) is 124 Å². The van der Waals surface area contributed by atoms with Crippen molar-refractivity contribution in [3.63, 3.8) is 0 Å². The van der Waals surface area contributed by atoms with Crippen LogP contribution in [0.2, 0.25) is 0 Å². The SMILES string of the molecule is CC(C)N.CCOC(=O)C(=CN(C)C)C(=O)C(=CN(C)C)c1ccc(F)cc1.CCOC(=O)c1cn(C(C)C)cc(-c2ccc(F)cc2)c1=O. The third-order valence-electron chi connectivity index (χ3n) is 6.21. The number of aromatic nitrogens is 1. The zero-order valence-electron chi connectivity index (χ0n) is 30.6. The molecule has 2 aromatic carbocycles. The number of hydrogen-bond acceptors (Lipinski definition) is 9. The minimum Gasteiger partial charge on any atom is -0.462 e. The number of esters is 2. The van der Waals surface area contributed by atoms with Crippen molar-refractivity contribution in [3.05, 3.63) is 112 Å². The maximum absolute atomic E-state index is 13.2. The van der Waals surface area contributed by atoms with Gasteiger partial charge in [0.15, 0.2) is 0 Å². The number of carbonyl (C=O) groups excluding carboxylic acids is 3. The molecule has 10 nitrogen and oxygen atoms in total. The van der Waals surface area contributed by atoms with Crippen LogP contribution in [0.15, 0.2) is 83.7 Å². The van der Waals surface area contributed by atoms with E-state index in [0.29, 0.717) is 22.7 Å². The number of hydrogen-bond donors (Lipinski definition) is 1. The number of halogens is 2. The largest absolute Gasteiger partial charge is 0.462 e. The van der Waals surface area contributed by atoms with Crippen LogP contribution in [-0.2, 0) is 19.1 Å². The van der Waals surface area contributed by atoms with Gasteiger partial charge in [0.1, 0.15) is 22.8 Å². The fourth-order valence-electron chi connectivity index (χ4n) is 4.05. The summed E-state index contributed by atoms with van der Waals surface area (Å²) in [6.07, 6.45) is 6.19. The van der Waals surface area contributed by atoms with E-state index in [1.807, 2.05) is 27.7 Å². The second kappa shape index (κ2) is 21.1. The van der Waals surface area contributed by atoms with Crippen LogP contribution in [0.25, 0.3) is 16.7 Å². The Balaban J connectivity index is 0.000000452. The third-order valence-corrected chi connectivity index (χ3v) is 6.21. The first-order valence-electron chi connectivity index (χ1n) is 16.1. The summed E-state index contributed by atoms with van der Waals surface area (Å²) in [6, 6.07) is 11.5. The summed E-state index contributed by atoms with van der Waals surface area (Å²) in [5, 5.41) is 0. The summed E-state index contributed by atoms with van der Waals surface area (Å²) in [5.41, 5.74) is 6.30. The molecule has 0 aliphatic rings. The van der Waals surface area contributed by atoms with E-state index in [1.54, 1.807) is 68.8 Å². The van der Waals surface area contributed by atoms with Crippen LogP contribution in [0.4, 0.5) is 8.78 Å². The highest BCUT2D eigenvalue weighted by atomic mass is 19.1. The number of benzene rings is 2. The van der Waals surface area contributed by atoms with Gasteiger partial charge < -0.3 is 29.6 Å². The summed E-state index contributed by atoms with van der Waals surface area (Å²) in [7, 11) is 6.94. The maximum atomic E-state index is 13.2. The van der Waals surface area contributed by atoms with E-state index < -0.39 is 29.0 Å². The molecule has 0 saturated carbocycles. The highest BCUT2D eigenvalue weighted by Crippen LogP contribution is 2.22. The number of Topliss-reactive ketones (excluding diaryl/α,β-unsaturated/α-hetero) is 1. The first-order chi connectivity index (χ1) is 23.4. The van der Waals surface area contributed by atoms with Gasteiger partial charge in [-0.2, -0.15) is 0 Å². The van der Waals surface area contributed by atoms with Crippen molar-refractivity contribution in [2.24, 2.45) is 5.73 Å². The Morgan fingerprint density at radius 3 is 1.72 bits per heavy atom. The zero-order chi connectivity index (χ0) is 38.1. The Kier molecular flexibility index (Phi) is 18.1. The summed E-state index contributed by atoms with van der Waals surface area (Å²) in [6.45, 7) is 11.5. The number of carbonyl (C=O) groups is 3. The first-order valence-corrected chi connectivity index (χ1v) is 16.1. The van der Waals surface area contributed by atoms with Gasteiger partial charge in [-0.1, -0.05) is 38.1 Å². The molecule has 0 fully saturated rings. The Morgan fingerprint density at radius 1 is 0.800 bits per heavy atom. The lowest BCUT2D eigenvalue weighted by molar-refractivity contribution is -0.139. The fourth-order valence-corrected chi connectivity index (χ4v) is 4.05. The van der Waals surface area contributed by atoms with Gasteiger partial charge in [-0.05, 0) is 69.1 Å². The molecule has 12 heteroatoms. The average molecular weight is 697 g/mol. The van der Waals surface area contributed by atoms with Crippen molar-refractivity contribution >= 4 is 23.3 Å². The van der Waals surface area contributed by atoms with E-state index in [1.165, 1.54) is 60.9 Å². The van der Waals surface area contributed by atoms with Crippen LogP contribution in [0.5, 0.6) is 0 Å². The Bertz CT molecular complexity index is 1670. The number of pyridine rings is 1. The minimum absolute atomic E-state index is 0.0163. The first kappa shape index (κ1) is 42.9. The minimum atomic E-state index is -0.692. The molecule has 2 N–H and O–H groups in total. The van der Waals surface area contributed by atoms with Crippen LogP contribution in [0, 0.1) is 11.6 Å². The Morgan fingerprint density at radius 2 is 1.28 bits per heavy atom. The molecule has 3 aromatic rings. The van der Waals surface area contributed by atoms with E-state index >= 15 is 0 Å². The standard InChI is InChI=1S/C18H23FN2O3.C17H18FNO3.C3H9N/c1-6-24-18(23)16(12-21(4)5)17(22)15(11-20(2)3)13-7-9-14(19)10-8-13;1-4-22-17(21)15-10-19(11(2)3)9-14(16(15)20)12-5-7-13(18)8-6-12;1-3(2)4/h7-12H,6H2,1-5H3;5-11H,4H2,1-3H3;3H,4H2,1-2H3. The van der Waals surface area contributed by atoms with Gasteiger partial charge in [-0.15, -0.1) is 0 Å². The van der Waals surface area contributed by atoms with E-state index in [-0.39, 0.29) is 41.8 Å². The smallest absolute Gasteiger partial charge is 0.343 e. The zero-order valence-corrected chi connectivity index (χ0v) is 30.6. The maximum Gasteiger partial charge on any atom is 0.343 e.